The van der Waals surface area contributed by atoms with Crippen molar-refractivity contribution in [3.05, 3.63) is 47.5 Å². The lowest BCUT2D eigenvalue weighted by Gasteiger charge is -2.49. The van der Waals surface area contributed by atoms with Crippen LogP contribution in [0.3, 0.4) is 0 Å². The fourth-order valence-electron chi connectivity index (χ4n) is 4.19. The van der Waals surface area contributed by atoms with Gasteiger partial charge in [0, 0.05) is 12.1 Å². The van der Waals surface area contributed by atoms with Gasteiger partial charge in [-0.25, -0.2) is 4.39 Å². The molecule has 0 radical (unpaired) electrons. The number of furan rings is 1. The smallest absolute Gasteiger partial charge is 0.287 e. The maximum Gasteiger partial charge on any atom is 0.287 e. The summed E-state index contributed by atoms with van der Waals surface area (Å²) < 4.78 is 19.7. The number of amides is 1. The van der Waals surface area contributed by atoms with Crippen molar-refractivity contribution < 1.29 is 13.6 Å². The highest BCUT2D eigenvalue weighted by molar-refractivity contribution is 5.92. The molecule has 1 amide bonds. The van der Waals surface area contributed by atoms with Gasteiger partial charge in [-0.15, -0.1) is 0 Å². The van der Waals surface area contributed by atoms with E-state index in [1.165, 1.54) is 6.07 Å². The van der Waals surface area contributed by atoms with Crippen LogP contribution in [0.25, 0.3) is 11.3 Å². The predicted molar refractivity (Wildman–Crippen MR) is 93.9 cm³/mol. The van der Waals surface area contributed by atoms with Gasteiger partial charge in [-0.05, 0) is 75.5 Å². The van der Waals surface area contributed by atoms with Crippen molar-refractivity contribution in [3.63, 3.8) is 0 Å². The van der Waals surface area contributed by atoms with E-state index in [1.54, 1.807) is 18.2 Å². The van der Waals surface area contributed by atoms with Gasteiger partial charge in [-0.3, -0.25) is 9.69 Å². The standard InChI is InChI=1S/C20H23FN2O2/c1-12-3-4-15(16(21)11-12)17-5-6-18(25-17)20(24)22-19-13(2)23-9-7-14(19)8-10-23/h3-6,11,13-14,19H,7-10H2,1-2H3,(H,22,24)/t13-,19-/m0/s1. The highest BCUT2D eigenvalue weighted by atomic mass is 19.1. The second-order valence-electron chi connectivity index (χ2n) is 7.26. The molecule has 25 heavy (non-hydrogen) atoms. The molecule has 4 heterocycles. The van der Waals surface area contributed by atoms with Gasteiger partial charge in [0.15, 0.2) is 5.76 Å². The number of halogens is 1. The Labute approximate surface area is 147 Å². The number of benzene rings is 1. The number of fused-ring (bicyclic) bond motifs is 3. The van der Waals surface area contributed by atoms with E-state index in [9.17, 15) is 9.18 Å². The summed E-state index contributed by atoms with van der Waals surface area (Å²) in [6.45, 7) is 6.25. The Morgan fingerprint density at radius 1 is 1.24 bits per heavy atom. The number of carbonyl (C=O) groups is 1. The highest BCUT2D eigenvalue weighted by Crippen LogP contribution is 2.32. The van der Waals surface area contributed by atoms with Gasteiger partial charge in [-0.1, -0.05) is 6.07 Å². The summed E-state index contributed by atoms with van der Waals surface area (Å²) in [7, 11) is 0. The van der Waals surface area contributed by atoms with Crippen LogP contribution >= 0.6 is 0 Å². The summed E-state index contributed by atoms with van der Waals surface area (Å²) in [4.78, 5) is 15.0. The highest BCUT2D eigenvalue weighted by Gasteiger charge is 2.40. The molecule has 2 atom stereocenters. The molecule has 4 nitrogen and oxygen atoms in total. The van der Waals surface area contributed by atoms with Crippen LogP contribution in [-0.4, -0.2) is 36.0 Å². The number of nitrogens with zero attached hydrogens (tertiary/aromatic N) is 1. The molecule has 1 aromatic heterocycles. The van der Waals surface area contributed by atoms with Gasteiger partial charge >= 0.3 is 0 Å². The summed E-state index contributed by atoms with van der Waals surface area (Å²) in [6, 6.07) is 8.75. The third-order valence-corrected chi connectivity index (χ3v) is 5.70. The fourth-order valence-corrected chi connectivity index (χ4v) is 4.19. The van der Waals surface area contributed by atoms with Gasteiger partial charge in [0.25, 0.3) is 5.91 Å². The van der Waals surface area contributed by atoms with Crippen molar-refractivity contribution in [2.24, 2.45) is 5.92 Å². The molecular weight excluding hydrogens is 319 g/mol. The first kappa shape index (κ1) is 16.3. The number of carbonyl (C=O) groups excluding carboxylic acids is 1. The topological polar surface area (TPSA) is 45.5 Å². The number of aryl methyl sites for hydroxylation is 1. The van der Waals surface area contributed by atoms with E-state index in [2.05, 4.69) is 17.1 Å². The first-order valence-corrected chi connectivity index (χ1v) is 8.94. The van der Waals surface area contributed by atoms with Gasteiger partial charge < -0.3 is 9.73 Å². The van der Waals surface area contributed by atoms with Crippen molar-refractivity contribution in [1.82, 2.24) is 10.2 Å². The summed E-state index contributed by atoms with van der Waals surface area (Å²) in [5.41, 5.74) is 1.22. The summed E-state index contributed by atoms with van der Waals surface area (Å²) in [6.07, 6.45) is 2.26. The average molecular weight is 342 g/mol. The summed E-state index contributed by atoms with van der Waals surface area (Å²) in [5.74, 6) is 0.591. The Morgan fingerprint density at radius 3 is 2.68 bits per heavy atom. The molecular formula is C20H23FN2O2. The maximum absolute atomic E-state index is 14.1. The fraction of sp³-hybridized carbons (Fsp3) is 0.450. The minimum absolute atomic E-state index is 0.152. The van der Waals surface area contributed by atoms with E-state index in [0.717, 1.165) is 31.5 Å². The van der Waals surface area contributed by atoms with E-state index in [0.29, 0.717) is 23.3 Å². The molecule has 132 valence electrons. The molecule has 1 aromatic carbocycles. The largest absolute Gasteiger partial charge is 0.451 e. The Balaban J connectivity index is 1.51. The van der Waals surface area contributed by atoms with E-state index in [1.807, 2.05) is 13.0 Å². The number of rotatable bonds is 3. The van der Waals surface area contributed by atoms with E-state index in [4.69, 9.17) is 4.42 Å². The normalized spacial score (nSPS) is 28.1. The van der Waals surface area contributed by atoms with E-state index in [-0.39, 0.29) is 23.5 Å². The maximum atomic E-state index is 14.1. The molecule has 2 aromatic rings. The summed E-state index contributed by atoms with van der Waals surface area (Å²) in [5, 5.41) is 3.14. The zero-order chi connectivity index (χ0) is 17.6. The van der Waals surface area contributed by atoms with Crippen molar-refractivity contribution in [2.75, 3.05) is 13.1 Å². The molecule has 5 heteroatoms. The molecule has 3 fully saturated rings. The Morgan fingerprint density at radius 2 is 2.00 bits per heavy atom. The second kappa shape index (κ2) is 6.30. The Bertz CT molecular complexity index is 791. The van der Waals surface area contributed by atoms with E-state index >= 15 is 0 Å². The monoisotopic (exact) mass is 342 g/mol. The Hall–Kier alpha value is -2.14. The first-order chi connectivity index (χ1) is 12.0. The SMILES string of the molecule is Cc1ccc(-c2ccc(C(=O)N[C@@H]3C4CCN(CC4)[C@H]3C)o2)c(F)c1. The minimum Gasteiger partial charge on any atom is -0.451 e. The van der Waals surface area contributed by atoms with Gasteiger partial charge in [0.1, 0.15) is 11.6 Å². The predicted octanol–water partition coefficient (Wildman–Crippen LogP) is 3.61. The molecule has 3 aliphatic heterocycles. The third kappa shape index (κ3) is 2.97. The van der Waals surface area contributed by atoms with Crippen molar-refractivity contribution >= 4 is 5.91 Å². The molecule has 0 unspecified atom stereocenters. The van der Waals surface area contributed by atoms with Crippen LogP contribution in [0.1, 0.15) is 35.9 Å². The summed E-state index contributed by atoms with van der Waals surface area (Å²) >= 11 is 0. The molecule has 0 aliphatic carbocycles. The molecule has 0 saturated carbocycles. The molecule has 5 rings (SSSR count). The third-order valence-electron chi connectivity index (χ3n) is 5.70. The van der Waals surface area contributed by atoms with Crippen LogP contribution < -0.4 is 5.32 Å². The molecule has 1 N–H and O–H groups in total. The zero-order valence-electron chi connectivity index (χ0n) is 14.6. The molecule has 3 saturated heterocycles. The van der Waals surface area contributed by atoms with Crippen LogP contribution in [0, 0.1) is 18.7 Å². The molecule has 0 spiro atoms. The number of hydrogen-bond donors (Lipinski definition) is 1. The van der Waals surface area contributed by atoms with Gasteiger partial charge in [0.05, 0.1) is 5.56 Å². The lowest BCUT2D eigenvalue weighted by Crippen LogP contribution is -2.62. The van der Waals surface area contributed by atoms with Gasteiger partial charge in [-0.2, -0.15) is 0 Å². The Kier molecular flexibility index (Phi) is 4.12. The van der Waals surface area contributed by atoms with Crippen LogP contribution in [0.15, 0.2) is 34.7 Å². The first-order valence-electron chi connectivity index (χ1n) is 8.94. The lowest BCUT2D eigenvalue weighted by atomic mass is 9.79. The van der Waals surface area contributed by atoms with Crippen molar-refractivity contribution in [1.29, 1.82) is 0 Å². The van der Waals surface area contributed by atoms with Crippen LogP contribution in [0.4, 0.5) is 4.39 Å². The minimum atomic E-state index is -0.340. The van der Waals surface area contributed by atoms with E-state index < -0.39 is 0 Å². The second-order valence-corrected chi connectivity index (χ2v) is 7.26. The number of nitrogens with one attached hydrogen (secondary N) is 1. The molecule has 2 bridgehead atoms. The number of hydrogen-bond acceptors (Lipinski definition) is 3. The van der Waals surface area contributed by atoms with Crippen LogP contribution in [-0.2, 0) is 0 Å². The van der Waals surface area contributed by atoms with Crippen molar-refractivity contribution in [3.8, 4) is 11.3 Å². The van der Waals surface area contributed by atoms with Crippen LogP contribution in [0.5, 0.6) is 0 Å². The van der Waals surface area contributed by atoms with Gasteiger partial charge in [0.2, 0.25) is 0 Å². The van der Waals surface area contributed by atoms with Crippen molar-refractivity contribution in [2.45, 2.75) is 38.8 Å². The lowest BCUT2D eigenvalue weighted by molar-refractivity contribution is 0.0211. The number of piperidine rings is 3. The molecule has 3 aliphatic rings. The average Bonchev–Trinajstić information content (AvgIpc) is 3.08. The zero-order valence-corrected chi connectivity index (χ0v) is 14.6. The van der Waals surface area contributed by atoms with Crippen LogP contribution in [0.2, 0.25) is 0 Å². The quantitative estimate of drug-likeness (QED) is 0.927.